The summed E-state index contributed by atoms with van der Waals surface area (Å²) in [4.78, 5) is 17.6. The summed E-state index contributed by atoms with van der Waals surface area (Å²) in [6.07, 6.45) is 5.48. The van der Waals surface area contributed by atoms with Crippen molar-refractivity contribution < 1.29 is 14.3 Å². The van der Waals surface area contributed by atoms with Crippen LogP contribution in [-0.2, 0) is 33.8 Å². The molecule has 0 aliphatic rings. The van der Waals surface area contributed by atoms with Gasteiger partial charge in [-0.1, -0.05) is 63.3 Å². The number of benzene rings is 1. The van der Waals surface area contributed by atoms with Crippen molar-refractivity contribution in [3.05, 3.63) is 59.2 Å². The largest absolute Gasteiger partial charge is 0.463 e. The molecule has 2 aromatic rings. The second kappa shape index (κ2) is 12.8. The number of aryl methyl sites for hydroxylation is 1. The third kappa shape index (κ3) is 8.06. The van der Waals surface area contributed by atoms with E-state index in [1.165, 1.54) is 0 Å². The van der Waals surface area contributed by atoms with Gasteiger partial charge in [0.2, 0.25) is 0 Å². The summed E-state index contributed by atoms with van der Waals surface area (Å²) in [5.74, 6) is 0.744. The van der Waals surface area contributed by atoms with Crippen molar-refractivity contribution >= 4 is 19.6 Å². The van der Waals surface area contributed by atoms with E-state index in [0.717, 1.165) is 54.6 Å². The summed E-state index contributed by atoms with van der Waals surface area (Å²) in [5, 5.41) is 0. The van der Waals surface area contributed by atoms with E-state index in [9.17, 15) is 4.79 Å². The predicted octanol–water partition coefficient (Wildman–Crippen LogP) is 6.12. The van der Waals surface area contributed by atoms with Gasteiger partial charge in [0.05, 0.1) is 18.5 Å². The summed E-state index contributed by atoms with van der Waals surface area (Å²) < 4.78 is 13.6. The maximum absolute atomic E-state index is 12.9. The Bertz CT molecular complexity index is 882. The predicted molar refractivity (Wildman–Crippen MR) is 134 cm³/mol. The summed E-state index contributed by atoms with van der Waals surface area (Å²) in [5.41, 5.74) is 3.58. The van der Waals surface area contributed by atoms with Gasteiger partial charge in [-0.15, -0.1) is 0 Å². The molecule has 0 spiro atoms. The van der Waals surface area contributed by atoms with Gasteiger partial charge >= 0.3 is 5.97 Å². The Kier molecular flexibility index (Phi) is 10.4. The number of hydrogen-bond acceptors (Lipinski definition) is 4. The zero-order valence-electron chi connectivity index (χ0n) is 20.7. The molecule has 5 nitrogen and oxygen atoms in total. The summed E-state index contributed by atoms with van der Waals surface area (Å²) in [7, 11) is -1.15. The van der Waals surface area contributed by atoms with Crippen LogP contribution in [0.4, 0.5) is 0 Å². The smallest absolute Gasteiger partial charge is 0.334 e. The van der Waals surface area contributed by atoms with Gasteiger partial charge in [0.25, 0.3) is 0 Å². The Labute approximate surface area is 194 Å². The van der Waals surface area contributed by atoms with Crippen LogP contribution < -0.4 is 0 Å². The molecule has 0 atom stereocenters. The standard InChI is InChI=1S/C26H40N2O3Si/c1-7-9-15-25-27-19-24(28(25)20-30-16-17-32(4,5)6)21(3)23(26(29)31-8-2)18-22-13-11-10-12-14-22/h10-14,19H,7-9,15-18,20H2,1-6H3/b23-21+. The minimum atomic E-state index is -1.15. The van der Waals surface area contributed by atoms with Gasteiger partial charge in [0.1, 0.15) is 12.6 Å². The molecule has 1 aromatic heterocycles. The third-order valence-electron chi connectivity index (χ3n) is 5.49. The lowest BCUT2D eigenvalue weighted by Crippen LogP contribution is -2.22. The number of esters is 1. The van der Waals surface area contributed by atoms with Crippen molar-refractivity contribution in [3.63, 3.8) is 0 Å². The van der Waals surface area contributed by atoms with Crippen molar-refractivity contribution in [1.82, 2.24) is 9.55 Å². The van der Waals surface area contributed by atoms with Gasteiger partial charge in [-0.05, 0) is 37.4 Å². The zero-order chi connectivity index (χ0) is 23.6. The molecule has 0 saturated carbocycles. The first-order chi connectivity index (χ1) is 15.3. The van der Waals surface area contributed by atoms with Crippen molar-refractivity contribution in [2.75, 3.05) is 13.2 Å². The number of nitrogens with zero attached hydrogens (tertiary/aromatic N) is 2. The minimum absolute atomic E-state index is 0.267. The number of carbonyl (C=O) groups is 1. The van der Waals surface area contributed by atoms with Gasteiger partial charge in [-0.3, -0.25) is 0 Å². The number of carbonyl (C=O) groups excluding carboxylic acids is 1. The van der Waals surface area contributed by atoms with Crippen LogP contribution in [0.5, 0.6) is 0 Å². The Hall–Kier alpha value is -2.18. The van der Waals surface area contributed by atoms with Gasteiger partial charge in [0, 0.05) is 33.1 Å². The zero-order valence-corrected chi connectivity index (χ0v) is 21.7. The van der Waals surface area contributed by atoms with Crippen LogP contribution in [0.2, 0.25) is 25.7 Å². The number of allylic oxidation sites excluding steroid dienone is 1. The summed E-state index contributed by atoms with van der Waals surface area (Å²) in [6.45, 7) is 14.6. The number of hydrogen-bond donors (Lipinski definition) is 0. The molecule has 0 fully saturated rings. The highest BCUT2D eigenvalue weighted by Gasteiger charge is 2.20. The van der Waals surface area contributed by atoms with Crippen LogP contribution in [0.25, 0.3) is 5.57 Å². The van der Waals surface area contributed by atoms with Crippen LogP contribution in [0.15, 0.2) is 42.1 Å². The molecular weight excluding hydrogens is 416 g/mol. The number of rotatable bonds is 13. The molecule has 0 aliphatic heterocycles. The second-order valence-electron chi connectivity index (χ2n) is 9.43. The lowest BCUT2D eigenvalue weighted by atomic mass is 9.99. The fourth-order valence-electron chi connectivity index (χ4n) is 3.46. The van der Waals surface area contributed by atoms with Crippen LogP contribution >= 0.6 is 0 Å². The molecule has 6 heteroatoms. The maximum atomic E-state index is 12.9. The Morgan fingerprint density at radius 3 is 2.47 bits per heavy atom. The van der Waals surface area contributed by atoms with E-state index >= 15 is 0 Å². The van der Waals surface area contributed by atoms with Crippen molar-refractivity contribution in [2.24, 2.45) is 0 Å². The van der Waals surface area contributed by atoms with E-state index in [0.29, 0.717) is 25.3 Å². The molecule has 1 aromatic carbocycles. The van der Waals surface area contributed by atoms with Crippen LogP contribution in [0, 0.1) is 0 Å². The van der Waals surface area contributed by atoms with E-state index in [2.05, 4.69) is 31.1 Å². The third-order valence-corrected chi connectivity index (χ3v) is 7.20. The SMILES string of the molecule is CCCCc1ncc(/C(C)=C(\Cc2ccccc2)C(=O)OCC)n1COCC[Si](C)(C)C. The Morgan fingerprint density at radius 2 is 1.84 bits per heavy atom. The second-order valence-corrected chi connectivity index (χ2v) is 15.0. The van der Waals surface area contributed by atoms with Crippen molar-refractivity contribution in [3.8, 4) is 0 Å². The van der Waals surface area contributed by atoms with E-state index in [4.69, 9.17) is 14.5 Å². The van der Waals surface area contributed by atoms with Gasteiger partial charge < -0.3 is 14.0 Å². The van der Waals surface area contributed by atoms with Crippen molar-refractivity contribution in [2.45, 2.75) is 78.9 Å². The summed E-state index contributed by atoms with van der Waals surface area (Å²) >= 11 is 0. The molecule has 0 bridgehead atoms. The highest BCUT2D eigenvalue weighted by Crippen LogP contribution is 2.25. The van der Waals surface area contributed by atoms with Gasteiger partial charge in [-0.25, -0.2) is 9.78 Å². The fraction of sp³-hybridized carbons (Fsp3) is 0.538. The first kappa shape index (κ1) is 26.1. The average molecular weight is 457 g/mol. The van der Waals surface area contributed by atoms with Crippen molar-refractivity contribution in [1.29, 1.82) is 0 Å². The quantitative estimate of drug-likeness (QED) is 0.158. The average Bonchev–Trinajstić information content (AvgIpc) is 3.16. The number of imidazole rings is 1. The lowest BCUT2D eigenvalue weighted by Gasteiger charge is -2.18. The molecule has 0 amide bonds. The molecular formula is C26H40N2O3Si. The highest BCUT2D eigenvalue weighted by atomic mass is 28.3. The first-order valence-corrected chi connectivity index (χ1v) is 15.5. The van der Waals surface area contributed by atoms with Crippen LogP contribution in [0.3, 0.4) is 0 Å². The van der Waals surface area contributed by atoms with Crippen LogP contribution in [-0.4, -0.2) is 36.8 Å². The van der Waals surface area contributed by atoms with E-state index < -0.39 is 8.07 Å². The molecule has 32 heavy (non-hydrogen) atoms. The topological polar surface area (TPSA) is 53.3 Å². The summed E-state index contributed by atoms with van der Waals surface area (Å²) in [6, 6.07) is 11.2. The molecule has 176 valence electrons. The molecule has 2 rings (SSSR count). The fourth-order valence-corrected chi connectivity index (χ4v) is 4.21. The van der Waals surface area contributed by atoms with E-state index in [1.54, 1.807) is 0 Å². The minimum Gasteiger partial charge on any atom is -0.463 e. The number of aromatic nitrogens is 2. The lowest BCUT2D eigenvalue weighted by molar-refractivity contribution is -0.138. The molecule has 0 saturated heterocycles. The van der Waals surface area contributed by atoms with Crippen LogP contribution in [0.1, 0.15) is 50.7 Å². The van der Waals surface area contributed by atoms with E-state index in [-0.39, 0.29) is 5.97 Å². The van der Waals surface area contributed by atoms with Gasteiger partial charge in [-0.2, -0.15) is 0 Å². The van der Waals surface area contributed by atoms with E-state index in [1.807, 2.05) is 50.4 Å². The van der Waals surface area contributed by atoms with Gasteiger partial charge in [0.15, 0.2) is 0 Å². The normalized spacial score (nSPS) is 12.6. The monoisotopic (exact) mass is 456 g/mol. The number of ether oxygens (including phenoxy) is 2. The Morgan fingerprint density at radius 1 is 1.12 bits per heavy atom. The maximum Gasteiger partial charge on any atom is 0.334 e. The Balaban J connectivity index is 2.38. The molecule has 0 aliphatic carbocycles. The molecule has 0 radical (unpaired) electrons. The molecule has 0 unspecified atom stereocenters. The highest BCUT2D eigenvalue weighted by molar-refractivity contribution is 6.76. The first-order valence-electron chi connectivity index (χ1n) is 11.8. The molecule has 0 N–H and O–H groups in total. The number of unbranched alkanes of at least 4 members (excludes halogenated alkanes) is 1. The molecule has 1 heterocycles.